The van der Waals surface area contributed by atoms with Crippen LogP contribution in [0.2, 0.25) is 0 Å². The molecule has 0 atom stereocenters. The van der Waals surface area contributed by atoms with Gasteiger partial charge in [-0.05, 0) is 71.4 Å². The molecule has 0 radical (unpaired) electrons. The highest BCUT2D eigenvalue weighted by molar-refractivity contribution is 6.04. The maximum Gasteiger partial charge on any atom is 0.303 e. The first-order valence-electron chi connectivity index (χ1n) is 13.2. The number of carboxylic acids is 1. The second-order valence-electron chi connectivity index (χ2n) is 10.8. The molecule has 39 heavy (non-hydrogen) atoms. The molecule has 0 bridgehead atoms. The molecule has 0 unspecified atom stereocenters. The van der Waals surface area contributed by atoms with Crippen LogP contribution >= 0.6 is 0 Å². The molecule has 0 aliphatic rings. The number of nitrogens with zero attached hydrogens (tertiary/aromatic N) is 1. The smallest absolute Gasteiger partial charge is 0.303 e. The number of hydrogen-bond acceptors (Lipinski definition) is 3. The van der Waals surface area contributed by atoms with Gasteiger partial charge < -0.3 is 19.7 Å². The summed E-state index contributed by atoms with van der Waals surface area (Å²) in [6.45, 7) is 9.64. The van der Waals surface area contributed by atoms with Gasteiger partial charge in [-0.2, -0.15) is 0 Å². The van der Waals surface area contributed by atoms with Gasteiger partial charge in [-0.15, -0.1) is 0 Å². The molecule has 0 saturated carbocycles. The summed E-state index contributed by atoms with van der Waals surface area (Å²) in [5, 5.41) is 12.8. The van der Waals surface area contributed by atoms with Gasteiger partial charge in [0.15, 0.2) is 0 Å². The van der Waals surface area contributed by atoms with Crippen LogP contribution in [-0.4, -0.2) is 28.2 Å². The number of benzene rings is 3. The van der Waals surface area contributed by atoms with Crippen molar-refractivity contribution in [1.29, 1.82) is 0 Å². The van der Waals surface area contributed by atoms with E-state index < -0.39 is 5.97 Å². The number of para-hydroxylation sites is 2. The number of nitrogens with one attached hydrogen (secondary N) is 1. The van der Waals surface area contributed by atoms with Crippen molar-refractivity contribution in [1.82, 2.24) is 4.57 Å². The van der Waals surface area contributed by atoms with E-state index in [9.17, 15) is 9.59 Å². The van der Waals surface area contributed by atoms with E-state index in [0.717, 1.165) is 28.6 Å². The summed E-state index contributed by atoms with van der Waals surface area (Å²) in [7, 11) is 0. The predicted molar refractivity (Wildman–Crippen MR) is 157 cm³/mol. The van der Waals surface area contributed by atoms with Crippen molar-refractivity contribution in [2.75, 3.05) is 11.9 Å². The average molecular weight is 525 g/mol. The zero-order valence-electron chi connectivity index (χ0n) is 23.0. The van der Waals surface area contributed by atoms with E-state index >= 15 is 0 Å². The Hall–Kier alpha value is -4.32. The number of carbonyl (C=O) groups excluding carboxylic acids is 1. The van der Waals surface area contributed by atoms with Crippen molar-refractivity contribution in [2.45, 2.75) is 52.5 Å². The number of allylic oxidation sites excluding steroid dienone is 1. The molecule has 6 nitrogen and oxygen atoms in total. The molecular weight excluding hydrogens is 488 g/mol. The fourth-order valence-corrected chi connectivity index (χ4v) is 4.44. The quantitative estimate of drug-likeness (QED) is 0.169. The van der Waals surface area contributed by atoms with Crippen LogP contribution in [0.4, 0.5) is 5.69 Å². The van der Waals surface area contributed by atoms with E-state index in [1.165, 1.54) is 11.1 Å². The molecule has 1 amide bonds. The summed E-state index contributed by atoms with van der Waals surface area (Å²) in [4.78, 5) is 23.5. The van der Waals surface area contributed by atoms with Gasteiger partial charge in [0.05, 0.1) is 12.3 Å². The average Bonchev–Trinajstić information content (AvgIpc) is 3.29. The Kier molecular flexibility index (Phi) is 8.55. The largest absolute Gasteiger partial charge is 0.491 e. The van der Waals surface area contributed by atoms with Crippen LogP contribution in [0.1, 0.15) is 57.2 Å². The Bertz CT molecular complexity index is 1490. The highest BCUT2D eigenvalue weighted by Gasteiger charge is 2.13. The highest BCUT2D eigenvalue weighted by Crippen LogP contribution is 2.27. The number of carboxylic acid groups (broad SMARTS) is 1. The molecule has 0 spiro atoms. The van der Waals surface area contributed by atoms with Gasteiger partial charge in [0, 0.05) is 36.1 Å². The number of aliphatic carboxylic acids is 1. The molecular formula is C33H36N2O4. The minimum atomic E-state index is -0.860. The molecule has 6 heteroatoms. The van der Waals surface area contributed by atoms with E-state index in [4.69, 9.17) is 9.84 Å². The van der Waals surface area contributed by atoms with Crippen molar-refractivity contribution < 1.29 is 19.4 Å². The summed E-state index contributed by atoms with van der Waals surface area (Å²) in [6.07, 6.45) is 4.11. The van der Waals surface area contributed by atoms with Crippen LogP contribution in [-0.2, 0) is 21.5 Å². The number of carbonyl (C=O) groups is 2. The molecule has 1 heterocycles. The predicted octanol–water partition coefficient (Wildman–Crippen LogP) is 7.27. The lowest BCUT2D eigenvalue weighted by atomic mass is 9.87. The molecule has 4 aromatic rings. The molecule has 3 aromatic carbocycles. The number of rotatable bonds is 10. The number of ether oxygens (including phenoxy) is 1. The van der Waals surface area contributed by atoms with Crippen molar-refractivity contribution in [3.63, 3.8) is 0 Å². The normalized spacial score (nSPS) is 11.9. The monoisotopic (exact) mass is 524 g/mol. The van der Waals surface area contributed by atoms with Crippen LogP contribution in [0.25, 0.3) is 16.5 Å². The lowest BCUT2D eigenvalue weighted by Crippen LogP contribution is -2.11. The molecule has 4 rings (SSSR count). The van der Waals surface area contributed by atoms with Crippen LogP contribution in [0.3, 0.4) is 0 Å². The van der Waals surface area contributed by atoms with E-state index in [0.29, 0.717) is 17.9 Å². The fraction of sp³-hybridized carbons (Fsp3) is 0.273. The SMILES string of the molecule is CC(=CC(=O)Nc1ccccc1OCCCC(=O)O)c1ccc2c(ccn2Cc2ccc(C(C)(C)C)cc2)c1. The summed E-state index contributed by atoms with van der Waals surface area (Å²) >= 11 is 0. The second kappa shape index (κ2) is 12.0. The summed E-state index contributed by atoms with van der Waals surface area (Å²) in [6, 6.07) is 24.3. The molecule has 0 aliphatic heterocycles. The summed E-state index contributed by atoms with van der Waals surface area (Å²) in [5.74, 6) is -0.606. The van der Waals surface area contributed by atoms with Gasteiger partial charge in [-0.25, -0.2) is 0 Å². The third-order valence-corrected chi connectivity index (χ3v) is 6.68. The highest BCUT2D eigenvalue weighted by atomic mass is 16.5. The number of fused-ring (bicyclic) bond motifs is 1. The first-order valence-corrected chi connectivity index (χ1v) is 13.2. The van der Waals surface area contributed by atoms with Crippen LogP contribution < -0.4 is 10.1 Å². The van der Waals surface area contributed by atoms with Gasteiger partial charge in [0.1, 0.15) is 5.75 Å². The maximum atomic E-state index is 12.8. The second-order valence-corrected chi connectivity index (χ2v) is 10.8. The first kappa shape index (κ1) is 27.7. The topological polar surface area (TPSA) is 80.6 Å². The van der Waals surface area contributed by atoms with Gasteiger partial charge in [0.2, 0.25) is 5.91 Å². The van der Waals surface area contributed by atoms with E-state index in [1.807, 2.05) is 25.1 Å². The Morgan fingerprint density at radius 2 is 1.74 bits per heavy atom. The molecule has 202 valence electrons. The van der Waals surface area contributed by atoms with E-state index in [2.05, 4.69) is 79.3 Å². The summed E-state index contributed by atoms with van der Waals surface area (Å²) in [5.41, 5.74) is 6.23. The number of hydrogen-bond donors (Lipinski definition) is 2. The Balaban J connectivity index is 1.43. The van der Waals surface area contributed by atoms with Crippen molar-refractivity contribution in [3.05, 3.63) is 102 Å². The van der Waals surface area contributed by atoms with E-state index in [1.54, 1.807) is 18.2 Å². The van der Waals surface area contributed by atoms with Gasteiger partial charge in [-0.1, -0.05) is 63.2 Å². The van der Waals surface area contributed by atoms with E-state index in [-0.39, 0.29) is 24.3 Å². The lowest BCUT2D eigenvalue weighted by molar-refractivity contribution is -0.137. The Labute approximate surface area is 229 Å². The van der Waals surface area contributed by atoms with Crippen molar-refractivity contribution in [3.8, 4) is 5.75 Å². The molecule has 0 fully saturated rings. The van der Waals surface area contributed by atoms with Crippen LogP contribution in [0, 0.1) is 0 Å². The van der Waals surface area contributed by atoms with Crippen molar-refractivity contribution in [2.24, 2.45) is 0 Å². The number of amides is 1. The van der Waals surface area contributed by atoms with Crippen LogP contribution in [0.5, 0.6) is 5.75 Å². The maximum absolute atomic E-state index is 12.8. The number of anilines is 1. The minimum Gasteiger partial charge on any atom is -0.491 e. The molecule has 0 saturated heterocycles. The number of aromatic nitrogens is 1. The molecule has 1 aromatic heterocycles. The zero-order valence-corrected chi connectivity index (χ0v) is 23.0. The first-order chi connectivity index (χ1) is 18.6. The third-order valence-electron chi connectivity index (χ3n) is 6.68. The molecule has 2 N–H and O–H groups in total. The van der Waals surface area contributed by atoms with Gasteiger partial charge in [-0.3, -0.25) is 9.59 Å². The Morgan fingerprint density at radius 3 is 2.46 bits per heavy atom. The third kappa shape index (κ3) is 7.38. The van der Waals surface area contributed by atoms with Crippen molar-refractivity contribution >= 4 is 34.0 Å². The zero-order chi connectivity index (χ0) is 28.0. The Morgan fingerprint density at radius 1 is 1.00 bits per heavy atom. The van der Waals surface area contributed by atoms with Crippen LogP contribution in [0.15, 0.2) is 85.1 Å². The molecule has 0 aliphatic carbocycles. The minimum absolute atomic E-state index is 0.0364. The fourth-order valence-electron chi connectivity index (χ4n) is 4.44. The standard InChI is InChI=1S/C33H36N2O4/c1-23(20-31(36)34-28-8-5-6-9-30(28)39-19-7-10-32(37)38)25-13-16-29-26(21-25)17-18-35(29)22-24-11-14-27(15-12-24)33(2,3)4/h5-6,8-9,11-18,20-21H,7,10,19,22H2,1-4H3,(H,34,36)(H,37,38). The van der Waals surface area contributed by atoms with Gasteiger partial charge >= 0.3 is 5.97 Å². The van der Waals surface area contributed by atoms with Gasteiger partial charge in [0.25, 0.3) is 0 Å². The lowest BCUT2D eigenvalue weighted by Gasteiger charge is -2.19. The summed E-state index contributed by atoms with van der Waals surface area (Å²) < 4.78 is 7.93.